The second kappa shape index (κ2) is 13.2. The minimum atomic E-state index is -1.47. The SMILES string of the molecule is N#Cc1cc(C2N=CNC(Nc3ccc(N4CCN(C5COC5)CC4)cc3)=N2)ccc1O[C@H]1CCN(C(=O)c2nc(N)n[nH]2)C[C@H]1F. The van der Waals surface area contributed by atoms with Crippen LogP contribution < -0.4 is 26.0 Å². The van der Waals surface area contributed by atoms with Crippen molar-refractivity contribution < 1.29 is 18.7 Å². The van der Waals surface area contributed by atoms with Gasteiger partial charge in [-0.3, -0.25) is 14.8 Å². The first kappa shape index (κ1) is 30.4. The Hall–Kier alpha value is -5.27. The van der Waals surface area contributed by atoms with E-state index in [0.29, 0.717) is 17.6 Å². The Morgan fingerprint density at radius 3 is 2.62 bits per heavy atom. The van der Waals surface area contributed by atoms with E-state index >= 15 is 4.39 Å². The Morgan fingerprint density at radius 1 is 1.13 bits per heavy atom. The van der Waals surface area contributed by atoms with E-state index in [9.17, 15) is 10.1 Å². The Labute approximate surface area is 270 Å². The van der Waals surface area contributed by atoms with Gasteiger partial charge in [0, 0.05) is 50.5 Å². The van der Waals surface area contributed by atoms with Gasteiger partial charge in [0.25, 0.3) is 5.91 Å². The summed E-state index contributed by atoms with van der Waals surface area (Å²) in [6, 6.07) is 16.0. The van der Waals surface area contributed by atoms with E-state index in [0.717, 1.165) is 45.1 Å². The molecule has 7 rings (SSSR count). The highest BCUT2D eigenvalue weighted by Crippen LogP contribution is 2.30. The molecule has 0 saturated carbocycles. The predicted octanol–water partition coefficient (Wildman–Crippen LogP) is 1.51. The van der Waals surface area contributed by atoms with Crippen LogP contribution in [0.1, 0.15) is 34.3 Å². The van der Waals surface area contributed by atoms with Crippen LogP contribution in [0.2, 0.25) is 0 Å². The number of nitrogens with zero attached hydrogens (tertiary/aromatic N) is 8. The van der Waals surface area contributed by atoms with Crippen LogP contribution in [-0.4, -0.2) is 114 Å². The van der Waals surface area contributed by atoms with Gasteiger partial charge in [0.15, 0.2) is 12.3 Å². The third kappa shape index (κ3) is 6.67. The number of ether oxygens (including phenoxy) is 2. The molecule has 244 valence electrons. The number of H-pyrrole nitrogens is 1. The number of nitrogens with two attached hydrogens (primary N) is 1. The summed E-state index contributed by atoms with van der Waals surface area (Å²) >= 11 is 0. The van der Waals surface area contributed by atoms with Gasteiger partial charge in [-0.25, -0.2) is 14.4 Å². The lowest BCUT2D eigenvalue weighted by atomic mass is 10.0. The number of alkyl halides is 1. The number of benzene rings is 2. The number of guanidine groups is 1. The van der Waals surface area contributed by atoms with Gasteiger partial charge >= 0.3 is 0 Å². The molecule has 3 atom stereocenters. The highest BCUT2D eigenvalue weighted by molar-refractivity contribution is 6.01. The number of carbonyl (C=O) groups excluding carboxylic acids is 1. The Kier molecular flexibility index (Phi) is 8.55. The Morgan fingerprint density at radius 2 is 1.94 bits per heavy atom. The molecule has 0 radical (unpaired) electrons. The number of aromatic amines is 1. The molecule has 47 heavy (non-hydrogen) atoms. The van der Waals surface area contributed by atoms with E-state index < -0.39 is 24.3 Å². The molecular weight excluding hydrogens is 607 g/mol. The zero-order valence-corrected chi connectivity index (χ0v) is 25.5. The van der Waals surface area contributed by atoms with E-state index in [1.165, 1.54) is 10.6 Å². The Balaban J connectivity index is 0.949. The molecule has 0 spiro atoms. The fraction of sp³-hybridized carbons (Fsp3) is 0.419. The van der Waals surface area contributed by atoms with Crippen molar-refractivity contribution in [3.63, 3.8) is 0 Å². The number of rotatable bonds is 7. The molecule has 4 aliphatic rings. The number of hydrogen-bond donors (Lipinski definition) is 4. The van der Waals surface area contributed by atoms with Crippen molar-refractivity contribution in [2.45, 2.75) is 30.9 Å². The molecule has 5 heterocycles. The van der Waals surface area contributed by atoms with Gasteiger partial charge in [-0.15, -0.1) is 5.10 Å². The quantitative estimate of drug-likeness (QED) is 0.293. The molecule has 5 N–H and O–H groups in total. The van der Waals surface area contributed by atoms with Crippen LogP contribution in [-0.2, 0) is 4.74 Å². The molecule has 0 aliphatic carbocycles. The first-order chi connectivity index (χ1) is 22.9. The normalized spacial score (nSPS) is 23.3. The van der Waals surface area contributed by atoms with Gasteiger partial charge in [0.2, 0.25) is 17.7 Å². The maximum absolute atomic E-state index is 15.1. The minimum Gasteiger partial charge on any atom is -0.486 e. The molecule has 2 aromatic carbocycles. The van der Waals surface area contributed by atoms with Gasteiger partial charge < -0.3 is 35.6 Å². The Bertz CT molecular complexity index is 1690. The molecule has 3 fully saturated rings. The maximum Gasteiger partial charge on any atom is 0.291 e. The highest BCUT2D eigenvalue weighted by atomic mass is 19.1. The first-order valence-corrected chi connectivity index (χ1v) is 15.6. The van der Waals surface area contributed by atoms with E-state index in [-0.39, 0.29) is 42.6 Å². The third-order valence-electron chi connectivity index (χ3n) is 8.79. The largest absolute Gasteiger partial charge is 0.486 e. The van der Waals surface area contributed by atoms with Crippen LogP contribution in [0.4, 0.5) is 21.7 Å². The van der Waals surface area contributed by atoms with E-state index in [1.54, 1.807) is 24.5 Å². The third-order valence-corrected chi connectivity index (χ3v) is 8.79. The topological polar surface area (TPSA) is 185 Å². The number of amides is 1. The summed E-state index contributed by atoms with van der Waals surface area (Å²) in [4.78, 5) is 31.8. The fourth-order valence-corrected chi connectivity index (χ4v) is 6.04. The van der Waals surface area contributed by atoms with Gasteiger partial charge in [0.05, 0.1) is 37.7 Å². The number of piperidine rings is 1. The van der Waals surface area contributed by atoms with Gasteiger partial charge in [-0.2, -0.15) is 10.2 Å². The summed E-state index contributed by atoms with van der Waals surface area (Å²) < 4.78 is 26.4. The van der Waals surface area contributed by atoms with Crippen molar-refractivity contribution in [3.05, 3.63) is 59.4 Å². The summed E-state index contributed by atoms with van der Waals surface area (Å²) in [6.07, 6.45) is -1.11. The van der Waals surface area contributed by atoms with Crippen LogP contribution in [0.5, 0.6) is 5.75 Å². The van der Waals surface area contributed by atoms with Gasteiger partial charge in [-0.1, -0.05) is 6.07 Å². The van der Waals surface area contributed by atoms with Crippen LogP contribution >= 0.6 is 0 Å². The van der Waals surface area contributed by atoms with E-state index in [1.807, 2.05) is 12.1 Å². The molecule has 3 saturated heterocycles. The standard InChI is InChI=1S/C31H35FN12O3/c32-24-15-44(29(45)28-38-30(34)41-40-28)8-7-26(24)47-25-6-1-19(13-20(25)14-33)27-35-18-36-31(39-27)37-21-2-4-22(5-3-21)42-9-11-43(12-10-42)23-16-46-17-23/h1-6,13,18,23-24,26-27H,7-12,15-17H2,(H3,34,38,40,41)(H2,35,36,37,39)/t24-,26+,27?/m1/s1. The van der Waals surface area contributed by atoms with E-state index in [2.05, 4.69) is 63.8 Å². The molecule has 1 aromatic heterocycles. The van der Waals surface area contributed by atoms with Gasteiger partial charge in [0.1, 0.15) is 17.9 Å². The van der Waals surface area contributed by atoms with E-state index in [4.69, 9.17) is 15.2 Å². The van der Waals surface area contributed by atoms with Crippen molar-refractivity contribution in [1.82, 2.24) is 30.3 Å². The number of halogens is 1. The van der Waals surface area contributed by atoms with Crippen molar-refractivity contribution in [2.75, 3.05) is 68.4 Å². The molecule has 4 aliphatic heterocycles. The van der Waals surface area contributed by atoms with Crippen molar-refractivity contribution in [2.24, 2.45) is 9.98 Å². The van der Waals surface area contributed by atoms with Crippen LogP contribution in [0.3, 0.4) is 0 Å². The molecule has 1 unspecified atom stereocenters. The number of carbonyl (C=O) groups is 1. The first-order valence-electron chi connectivity index (χ1n) is 15.6. The summed E-state index contributed by atoms with van der Waals surface area (Å²) in [7, 11) is 0. The zero-order valence-electron chi connectivity index (χ0n) is 25.5. The van der Waals surface area contributed by atoms with Crippen molar-refractivity contribution in [1.29, 1.82) is 5.26 Å². The molecule has 15 nitrogen and oxygen atoms in total. The van der Waals surface area contributed by atoms with Gasteiger partial charge in [-0.05, 0) is 42.0 Å². The number of nitriles is 1. The van der Waals surface area contributed by atoms with Crippen molar-refractivity contribution in [3.8, 4) is 11.8 Å². The molecular formula is C31H35FN12O3. The number of hydrogen-bond acceptors (Lipinski definition) is 13. The summed E-state index contributed by atoms with van der Waals surface area (Å²) in [6.45, 7) is 5.80. The highest BCUT2D eigenvalue weighted by Gasteiger charge is 2.35. The summed E-state index contributed by atoms with van der Waals surface area (Å²) in [5, 5.41) is 22.3. The van der Waals surface area contributed by atoms with Crippen LogP contribution in [0, 0.1) is 11.3 Å². The van der Waals surface area contributed by atoms with Crippen LogP contribution in [0.25, 0.3) is 0 Å². The minimum absolute atomic E-state index is 0.0453. The second-order valence-electron chi connectivity index (χ2n) is 11.8. The molecule has 3 aromatic rings. The number of likely N-dealkylation sites (tertiary alicyclic amines) is 1. The average molecular weight is 643 g/mol. The van der Waals surface area contributed by atoms with Crippen molar-refractivity contribution >= 4 is 35.5 Å². The lowest BCUT2D eigenvalue weighted by Gasteiger charge is -2.43. The molecule has 16 heteroatoms. The van der Waals surface area contributed by atoms with Crippen LogP contribution in [0.15, 0.2) is 52.4 Å². The molecule has 0 bridgehead atoms. The monoisotopic (exact) mass is 642 g/mol. The number of anilines is 3. The lowest BCUT2D eigenvalue weighted by Crippen LogP contribution is -2.56. The second-order valence-corrected chi connectivity index (χ2v) is 11.8. The number of nitrogen functional groups attached to an aromatic ring is 1. The zero-order chi connectivity index (χ0) is 32.3. The maximum atomic E-state index is 15.1. The number of nitrogens with one attached hydrogen (secondary N) is 3. The predicted molar refractivity (Wildman–Crippen MR) is 172 cm³/mol. The number of piperazine rings is 1. The summed E-state index contributed by atoms with van der Waals surface area (Å²) in [5.74, 6) is 0.175. The fourth-order valence-electron chi connectivity index (χ4n) is 6.04. The average Bonchev–Trinajstić information content (AvgIpc) is 3.51. The molecule has 1 amide bonds. The smallest absolute Gasteiger partial charge is 0.291 e. The number of aliphatic imine (C=N–C) groups is 2. The lowest BCUT2D eigenvalue weighted by molar-refractivity contribution is -0.0660. The summed E-state index contributed by atoms with van der Waals surface area (Å²) in [5.41, 5.74) is 8.44. The number of aromatic nitrogens is 3.